The number of hydrogen-bond acceptors (Lipinski definition) is 3. The van der Waals surface area contributed by atoms with E-state index < -0.39 is 0 Å². The molecular formula is C21H22Cl2N2O2. The van der Waals surface area contributed by atoms with Crippen LogP contribution in [0.1, 0.15) is 42.1 Å². The first-order valence-corrected chi connectivity index (χ1v) is 9.52. The van der Waals surface area contributed by atoms with Crippen LogP contribution >= 0.6 is 23.2 Å². The van der Waals surface area contributed by atoms with Crippen LogP contribution in [0, 0.1) is 6.92 Å². The summed E-state index contributed by atoms with van der Waals surface area (Å²) >= 11 is 12.8. The zero-order chi connectivity index (χ0) is 19.6. The van der Waals surface area contributed by atoms with Gasteiger partial charge in [-0.2, -0.15) is 5.10 Å². The van der Waals surface area contributed by atoms with E-state index in [1.54, 1.807) is 16.8 Å². The lowest BCUT2D eigenvalue weighted by molar-refractivity contribution is 0.279. The minimum atomic E-state index is 0.0153. The Bertz CT molecular complexity index is 931. The lowest BCUT2D eigenvalue weighted by Gasteiger charge is -2.15. The molecule has 0 bridgehead atoms. The van der Waals surface area contributed by atoms with Gasteiger partial charge in [-0.15, -0.1) is 0 Å². The number of nitrogens with zero attached hydrogens (tertiary/aromatic N) is 2. The molecule has 142 valence electrons. The smallest absolute Gasteiger partial charge is 0.131 e. The standard InChI is InChI=1S/C21H22Cl2N2O2/c1-13(2)17-10-24-25(21-18(22)5-4-6-19(21)23)20(17)12-27-16-8-7-15(11-26)14(3)9-16/h4-10,13,26H,11-12H2,1-3H3. The topological polar surface area (TPSA) is 47.3 Å². The third-order valence-electron chi connectivity index (χ3n) is 4.53. The molecule has 0 saturated carbocycles. The summed E-state index contributed by atoms with van der Waals surface area (Å²) in [5, 5.41) is 14.9. The molecule has 1 N–H and O–H groups in total. The highest BCUT2D eigenvalue weighted by atomic mass is 35.5. The fourth-order valence-corrected chi connectivity index (χ4v) is 3.54. The largest absolute Gasteiger partial charge is 0.487 e. The van der Waals surface area contributed by atoms with Gasteiger partial charge in [-0.25, -0.2) is 4.68 Å². The molecule has 0 spiro atoms. The van der Waals surface area contributed by atoms with Gasteiger partial charge in [0, 0.05) is 0 Å². The number of aliphatic hydroxyl groups excluding tert-OH is 1. The van der Waals surface area contributed by atoms with Crippen LogP contribution in [-0.2, 0) is 13.2 Å². The molecule has 1 heterocycles. The second-order valence-corrected chi connectivity index (χ2v) is 7.53. The highest BCUT2D eigenvalue weighted by Gasteiger charge is 2.19. The van der Waals surface area contributed by atoms with Gasteiger partial charge in [0.2, 0.25) is 0 Å². The zero-order valence-electron chi connectivity index (χ0n) is 15.5. The quantitative estimate of drug-likeness (QED) is 0.574. The second kappa shape index (κ2) is 8.34. The van der Waals surface area contributed by atoms with E-state index in [1.807, 2.05) is 37.4 Å². The van der Waals surface area contributed by atoms with E-state index in [0.717, 1.165) is 28.1 Å². The summed E-state index contributed by atoms with van der Waals surface area (Å²) in [6.45, 7) is 6.51. The minimum Gasteiger partial charge on any atom is -0.487 e. The van der Waals surface area contributed by atoms with Crippen LogP contribution in [0.5, 0.6) is 5.75 Å². The first kappa shape index (κ1) is 19.7. The van der Waals surface area contributed by atoms with Crippen molar-refractivity contribution in [1.29, 1.82) is 0 Å². The van der Waals surface area contributed by atoms with Gasteiger partial charge in [0.1, 0.15) is 18.0 Å². The van der Waals surface area contributed by atoms with E-state index in [-0.39, 0.29) is 12.5 Å². The number of para-hydroxylation sites is 1. The fraction of sp³-hybridized carbons (Fsp3) is 0.286. The van der Waals surface area contributed by atoms with Crippen molar-refractivity contribution in [3.63, 3.8) is 0 Å². The molecule has 0 saturated heterocycles. The minimum absolute atomic E-state index is 0.0153. The van der Waals surface area contributed by atoms with Crippen LogP contribution in [0.3, 0.4) is 0 Å². The molecule has 1 aromatic heterocycles. The Morgan fingerprint density at radius 3 is 2.44 bits per heavy atom. The van der Waals surface area contributed by atoms with Crippen molar-refractivity contribution in [3.8, 4) is 11.4 Å². The van der Waals surface area contributed by atoms with E-state index in [9.17, 15) is 5.11 Å². The van der Waals surface area contributed by atoms with E-state index >= 15 is 0 Å². The van der Waals surface area contributed by atoms with E-state index in [2.05, 4.69) is 18.9 Å². The van der Waals surface area contributed by atoms with Crippen LogP contribution in [0.2, 0.25) is 10.0 Å². The Kier molecular flexibility index (Phi) is 6.10. The number of hydrogen-bond donors (Lipinski definition) is 1. The number of aliphatic hydroxyl groups is 1. The molecule has 4 nitrogen and oxygen atoms in total. The summed E-state index contributed by atoms with van der Waals surface area (Å²) in [6.07, 6.45) is 1.84. The number of aryl methyl sites for hydroxylation is 1. The SMILES string of the molecule is Cc1cc(OCc2c(C(C)C)cnn2-c2c(Cl)cccc2Cl)ccc1CO. The maximum atomic E-state index is 9.32. The second-order valence-electron chi connectivity index (χ2n) is 6.72. The molecular weight excluding hydrogens is 383 g/mol. The lowest BCUT2D eigenvalue weighted by atomic mass is 10.0. The maximum absolute atomic E-state index is 9.32. The molecule has 0 unspecified atom stereocenters. The molecule has 2 aromatic carbocycles. The first-order chi connectivity index (χ1) is 12.9. The van der Waals surface area contributed by atoms with Crippen molar-refractivity contribution in [3.05, 3.63) is 75.0 Å². The molecule has 0 aliphatic heterocycles. The molecule has 0 amide bonds. The number of aromatic nitrogens is 2. The lowest BCUT2D eigenvalue weighted by Crippen LogP contribution is -2.09. The van der Waals surface area contributed by atoms with Gasteiger partial charge in [0.25, 0.3) is 0 Å². The van der Waals surface area contributed by atoms with Crippen molar-refractivity contribution in [1.82, 2.24) is 9.78 Å². The van der Waals surface area contributed by atoms with Crippen molar-refractivity contribution < 1.29 is 9.84 Å². The predicted molar refractivity (Wildman–Crippen MR) is 109 cm³/mol. The van der Waals surface area contributed by atoms with E-state index in [0.29, 0.717) is 22.3 Å². The van der Waals surface area contributed by atoms with Crippen LogP contribution < -0.4 is 4.74 Å². The van der Waals surface area contributed by atoms with Crippen LogP contribution in [0.25, 0.3) is 5.69 Å². The summed E-state index contributed by atoms with van der Waals surface area (Å²) in [4.78, 5) is 0. The fourth-order valence-electron chi connectivity index (χ4n) is 2.98. The van der Waals surface area contributed by atoms with Crippen molar-refractivity contribution >= 4 is 23.2 Å². The summed E-state index contributed by atoms with van der Waals surface area (Å²) in [7, 11) is 0. The Hall–Kier alpha value is -2.01. The van der Waals surface area contributed by atoms with Crippen molar-refractivity contribution in [2.45, 2.75) is 39.9 Å². The Labute approximate surface area is 169 Å². The van der Waals surface area contributed by atoms with Crippen LogP contribution in [-0.4, -0.2) is 14.9 Å². The predicted octanol–water partition coefficient (Wildman–Crippen LogP) is 5.68. The van der Waals surface area contributed by atoms with Gasteiger partial charge in [-0.3, -0.25) is 0 Å². The van der Waals surface area contributed by atoms with Gasteiger partial charge in [-0.1, -0.05) is 49.2 Å². The molecule has 3 aromatic rings. The third kappa shape index (κ3) is 4.13. The summed E-state index contributed by atoms with van der Waals surface area (Å²) in [5.74, 6) is 1.01. The monoisotopic (exact) mass is 404 g/mol. The highest BCUT2D eigenvalue weighted by Crippen LogP contribution is 2.32. The van der Waals surface area contributed by atoms with E-state index in [1.165, 1.54) is 0 Å². The Morgan fingerprint density at radius 2 is 1.85 bits per heavy atom. The molecule has 0 radical (unpaired) electrons. The van der Waals surface area contributed by atoms with Gasteiger partial charge >= 0.3 is 0 Å². The van der Waals surface area contributed by atoms with Gasteiger partial charge in [-0.05, 0) is 53.8 Å². The number of ether oxygens (including phenoxy) is 1. The number of halogens is 2. The maximum Gasteiger partial charge on any atom is 0.131 e. The highest BCUT2D eigenvalue weighted by molar-refractivity contribution is 6.37. The molecule has 0 aliphatic rings. The molecule has 6 heteroatoms. The van der Waals surface area contributed by atoms with Gasteiger partial charge < -0.3 is 9.84 Å². The average molecular weight is 405 g/mol. The first-order valence-electron chi connectivity index (χ1n) is 8.76. The van der Waals surface area contributed by atoms with Crippen molar-refractivity contribution in [2.75, 3.05) is 0 Å². The van der Waals surface area contributed by atoms with Crippen molar-refractivity contribution in [2.24, 2.45) is 0 Å². The third-order valence-corrected chi connectivity index (χ3v) is 5.14. The summed E-state index contributed by atoms with van der Waals surface area (Å²) in [6, 6.07) is 11.0. The summed E-state index contributed by atoms with van der Waals surface area (Å²) < 4.78 is 7.79. The summed E-state index contributed by atoms with van der Waals surface area (Å²) in [5.41, 5.74) is 4.51. The Morgan fingerprint density at radius 1 is 1.15 bits per heavy atom. The normalized spacial score (nSPS) is 11.2. The molecule has 0 fully saturated rings. The molecule has 0 atom stereocenters. The van der Waals surface area contributed by atoms with E-state index in [4.69, 9.17) is 27.9 Å². The molecule has 27 heavy (non-hydrogen) atoms. The van der Waals surface area contributed by atoms with Gasteiger partial charge in [0.05, 0.1) is 28.5 Å². The average Bonchev–Trinajstić information content (AvgIpc) is 3.04. The van der Waals surface area contributed by atoms with Gasteiger partial charge in [0.15, 0.2) is 0 Å². The van der Waals surface area contributed by atoms with Crippen LogP contribution in [0.4, 0.5) is 0 Å². The number of rotatable bonds is 6. The molecule has 0 aliphatic carbocycles. The zero-order valence-corrected chi connectivity index (χ0v) is 17.1. The Balaban J connectivity index is 1.97. The van der Waals surface area contributed by atoms with Crippen LogP contribution in [0.15, 0.2) is 42.6 Å². The molecule has 3 rings (SSSR count). The number of benzene rings is 2.